The van der Waals surface area contributed by atoms with Crippen molar-refractivity contribution in [1.29, 1.82) is 0 Å². The first kappa shape index (κ1) is 13.2. The number of rotatable bonds is 2. The van der Waals surface area contributed by atoms with Crippen molar-refractivity contribution in [1.82, 2.24) is 0 Å². The maximum atomic E-state index is 8.98. The minimum atomic E-state index is 0.608. The van der Waals surface area contributed by atoms with Gasteiger partial charge in [0.2, 0.25) is 0 Å². The van der Waals surface area contributed by atoms with E-state index < -0.39 is 0 Å². The van der Waals surface area contributed by atoms with Gasteiger partial charge in [0.1, 0.15) is 0 Å². The van der Waals surface area contributed by atoms with Crippen molar-refractivity contribution in [3.05, 3.63) is 28.8 Å². The first-order chi connectivity index (χ1) is 8.72. The molecule has 1 aliphatic rings. The number of benzene rings is 1. The predicted octanol–water partition coefficient (Wildman–Crippen LogP) is 3.92. The Morgan fingerprint density at radius 3 is 2.50 bits per heavy atom. The van der Waals surface area contributed by atoms with Crippen molar-refractivity contribution in [3.8, 4) is 0 Å². The highest BCUT2D eigenvalue weighted by Gasteiger charge is 2.15. The van der Waals surface area contributed by atoms with Gasteiger partial charge in [-0.2, -0.15) is 0 Å². The van der Waals surface area contributed by atoms with Gasteiger partial charge < -0.3 is 10.1 Å². The Morgan fingerprint density at radius 1 is 1.22 bits per heavy atom. The van der Waals surface area contributed by atoms with Crippen molar-refractivity contribution in [2.24, 2.45) is 5.16 Å². The van der Waals surface area contributed by atoms with E-state index in [1.165, 1.54) is 25.7 Å². The summed E-state index contributed by atoms with van der Waals surface area (Å²) < 4.78 is 0. The quantitative estimate of drug-likeness (QED) is 0.500. The summed E-state index contributed by atoms with van der Waals surface area (Å²) in [6.07, 6.45) is 5.04. The van der Waals surface area contributed by atoms with Crippen LogP contribution in [0.1, 0.15) is 38.2 Å². The van der Waals surface area contributed by atoms with E-state index in [2.05, 4.69) is 10.1 Å². The summed E-state index contributed by atoms with van der Waals surface area (Å²) in [6.45, 7) is 3.92. The highest BCUT2D eigenvalue weighted by Crippen LogP contribution is 2.27. The van der Waals surface area contributed by atoms with E-state index in [1.807, 2.05) is 18.2 Å². The molecule has 0 saturated carbocycles. The van der Waals surface area contributed by atoms with Crippen molar-refractivity contribution >= 4 is 23.0 Å². The number of hydrogen-bond acceptors (Lipinski definition) is 3. The van der Waals surface area contributed by atoms with Crippen molar-refractivity contribution in [3.63, 3.8) is 0 Å². The third-order valence-electron chi connectivity index (χ3n) is 3.45. The Kier molecular flexibility index (Phi) is 4.48. The molecule has 1 aromatic rings. The Morgan fingerprint density at radius 2 is 1.89 bits per heavy atom. The van der Waals surface area contributed by atoms with Crippen molar-refractivity contribution < 1.29 is 5.21 Å². The van der Waals surface area contributed by atoms with Crippen LogP contribution >= 0.6 is 11.6 Å². The molecule has 1 aliphatic heterocycles. The lowest BCUT2D eigenvalue weighted by Crippen LogP contribution is -2.25. The first-order valence-corrected chi connectivity index (χ1v) is 6.83. The summed E-state index contributed by atoms with van der Waals surface area (Å²) in [5.41, 5.74) is 2.65. The third kappa shape index (κ3) is 2.96. The molecule has 1 heterocycles. The van der Waals surface area contributed by atoms with Gasteiger partial charge in [0.05, 0.1) is 5.71 Å². The molecule has 1 N–H and O–H groups in total. The summed E-state index contributed by atoms with van der Waals surface area (Å²) >= 11 is 6.03. The largest absolute Gasteiger partial charge is 0.411 e. The molecule has 98 valence electrons. The van der Waals surface area contributed by atoms with Crippen LogP contribution in [-0.4, -0.2) is 24.0 Å². The lowest BCUT2D eigenvalue weighted by molar-refractivity contribution is 0.319. The molecule has 2 rings (SSSR count). The molecule has 4 heteroatoms. The Bertz CT molecular complexity index is 437. The van der Waals surface area contributed by atoms with Gasteiger partial charge in [-0.3, -0.25) is 0 Å². The zero-order valence-corrected chi connectivity index (χ0v) is 11.5. The monoisotopic (exact) mass is 266 g/mol. The third-order valence-corrected chi connectivity index (χ3v) is 3.68. The smallest absolute Gasteiger partial charge is 0.0858 e. The van der Waals surface area contributed by atoms with Gasteiger partial charge in [0.25, 0.3) is 0 Å². The fraction of sp³-hybridized carbons (Fsp3) is 0.500. The molecule has 1 aromatic carbocycles. The fourth-order valence-electron chi connectivity index (χ4n) is 2.44. The zero-order valence-electron chi connectivity index (χ0n) is 10.7. The number of nitrogens with zero attached hydrogens (tertiary/aromatic N) is 2. The standard InChI is InChI=1S/C14H19ClN2O/c1-11(16-18)13-10-12(15)6-7-14(13)17-8-4-2-3-5-9-17/h6-7,10,18H,2-5,8-9H2,1H3/b16-11+. The van der Waals surface area contributed by atoms with Gasteiger partial charge in [0, 0.05) is 29.4 Å². The maximum absolute atomic E-state index is 8.98. The van der Waals surface area contributed by atoms with E-state index >= 15 is 0 Å². The van der Waals surface area contributed by atoms with Crippen molar-refractivity contribution in [2.75, 3.05) is 18.0 Å². The van der Waals surface area contributed by atoms with Gasteiger partial charge in [0.15, 0.2) is 0 Å². The molecular weight excluding hydrogens is 248 g/mol. The molecule has 0 bridgehead atoms. The Hall–Kier alpha value is -1.22. The average Bonchev–Trinajstić information content (AvgIpc) is 2.66. The highest BCUT2D eigenvalue weighted by molar-refractivity contribution is 6.31. The minimum absolute atomic E-state index is 0.608. The van der Waals surface area contributed by atoms with Gasteiger partial charge in [-0.1, -0.05) is 29.6 Å². The molecule has 3 nitrogen and oxygen atoms in total. The SMILES string of the molecule is C/C(=N\O)c1cc(Cl)ccc1N1CCCCCC1. The molecule has 0 unspecified atom stereocenters. The molecule has 1 saturated heterocycles. The summed E-state index contributed by atoms with van der Waals surface area (Å²) in [5.74, 6) is 0. The molecule has 0 atom stereocenters. The molecular formula is C14H19ClN2O. The first-order valence-electron chi connectivity index (χ1n) is 6.46. The molecule has 1 fully saturated rings. The second-order valence-corrected chi connectivity index (χ2v) is 5.18. The van der Waals surface area contributed by atoms with Crippen LogP contribution in [0.25, 0.3) is 0 Å². The summed E-state index contributed by atoms with van der Waals surface area (Å²) in [5, 5.41) is 13.0. The van der Waals surface area contributed by atoms with E-state index in [4.69, 9.17) is 16.8 Å². The summed E-state index contributed by atoms with van der Waals surface area (Å²) in [7, 11) is 0. The number of hydrogen-bond donors (Lipinski definition) is 1. The Balaban J connectivity index is 2.36. The number of anilines is 1. The minimum Gasteiger partial charge on any atom is -0.411 e. The van der Waals surface area contributed by atoms with Crippen LogP contribution in [0, 0.1) is 0 Å². The second-order valence-electron chi connectivity index (χ2n) is 4.75. The van der Waals surface area contributed by atoms with E-state index in [-0.39, 0.29) is 0 Å². The number of halogens is 1. The normalized spacial score (nSPS) is 17.7. The maximum Gasteiger partial charge on any atom is 0.0858 e. The summed E-state index contributed by atoms with van der Waals surface area (Å²) in [4.78, 5) is 2.37. The van der Waals surface area contributed by atoms with Crippen molar-refractivity contribution in [2.45, 2.75) is 32.6 Å². The molecule has 0 aromatic heterocycles. The number of oxime groups is 1. The van der Waals surface area contributed by atoms with E-state index in [1.54, 1.807) is 6.92 Å². The topological polar surface area (TPSA) is 35.8 Å². The molecule has 0 spiro atoms. The van der Waals surface area contributed by atoms with Gasteiger partial charge in [-0.05, 0) is 38.0 Å². The molecule has 0 aliphatic carbocycles. The zero-order chi connectivity index (χ0) is 13.0. The molecule has 0 amide bonds. The van der Waals surface area contributed by atoms with Crippen LogP contribution in [-0.2, 0) is 0 Å². The lowest BCUT2D eigenvalue weighted by Gasteiger charge is -2.25. The van der Waals surface area contributed by atoms with E-state index in [9.17, 15) is 0 Å². The Labute approximate surface area is 113 Å². The van der Waals surface area contributed by atoms with Crippen LogP contribution < -0.4 is 4.90 Å². The second kappa shape index (κ2) is 6.10. The molecule has 0 radical (unpaired) electrons. The van der Waals surface area contributed by atoms with Crippen LogP contribution in [0.3, 0.4) is 0 Å². The van der Waals surface area contributed by atoms with Gasteiger partial charge in [-0.15, -0.1) is 0 Å². The van der Waals surface area contributed by atoms with Gasteiger partial charge >= 0.3 is 0 Å². The average molecular weight is 267 g/mol. The lowest BCUT2D eigenvalue weighted by atomic mass is 10.1. The van der Waals surface area contributed by atoms with E-state index in [0.29, 0.717) is 10.7 Å². The predicted molar refractivity (Wildman–Crippen MR) is 76.1 cm³/mol. The van der Waals surface area contributed by atoms with Crippen LogP contribution in [0.4, 0.5) is 5.69 Å². The fourth-order valence-corrected chi connectivity index (χ4v) is 2.61. The van der Waals surface area contributed by atoms with Gasteiger partial charge in [-0.25, -0.2) is 0 Å². The van der Waals surface area contributed by atoms with Crippen LogP contribution in [0.2, 0.25) is 5.02 Å². The van der Waals surface area contributed by atoms with Crippen LogP contribution in [0.5, 0.6) is 0 Å². The van der Waals surface area contributed by atoms with E-state index in [0.717, 1.165) is 24.3 Å². The highest BCUT2D eigenvalue weighted by atomic mass is 35.5. The summed E-state index contributed by atoms with van der Waals surface area (Å²) in [6, 6.07) is 5.80. The van der Waals surface area contributed by atoms with Crippen LogP contribution in [0.15, 0.2) is 23.4 Å². The molecule has 18 heavy (non-hydrogen) atoms.